The molecule has 3 N–H and O–H groups in total. The number of β-amino-alcohol motifs (C(OH)–C–C–N with tert-alkyl or cyclic N) is 1. The van der Waals surface area contributed by atoms with E-state index >= 15 is 0 Å². The van der Waals surface area contributed by atoms with Crippen LogP contribution in [0.2, 0.25) is 0 Å². The molecule has 0 saturated carbocycles. The van der Waals surface area contributed by atoms with Gasteiger partial charge >= 0.3 is 6.09 Å². The minimum Gasteiger partial charge on any atom is -0.444 e. The van der Waals surface area contributed by atoms with Gasteiger partial charge in [0.25, 0.3) is 10.0 Å². The van der Waals surface area contributed by atoms with E-state index in [-0.39, 0.29) is 24.2 Å². The summed E-state index contributed by atoms with van der Waals surface area (Å²) >= 11 is 0. The van der Waals surface area contributed by atoms with Crippen molar-refractivity contribution < 1.29 is 27.9 Å². The zero-order chi connectivity index (χ0) is 25.0. The molecule has 1 aliphatic heterocycles. The average Bonchev–Trinajstić information content (AvgIpc) is 3.01. The Bertz CT molecular complexity index is 924. The van der Waals surface area contributed by atoms with E-state index < -0.39 is 45.8 Å². The number of imidazole rings is 1. The van der Waals surface area contributed by atoms with Gasteiger partial charge in [0.05, 0.1) is 12.1 Å². The zero-order valence-corrected chi connectivity index (χ0v) is 21.1. The lowest BCUT2D eigenvalue weighted by molar-refractivity contribution is -0.125. The molecule has 1 saturated heterocycles. The summed E-state index contributed by atoms with van der Waals surface area (Å²) in [6, 6.07) is -1.50. The summed E-state index contributed by atoms with van der Waals surface area (Å²) in [6.45, 7) is 9.08. The zero-order valence-electron chi connectivity index (χ0n) is 20.2. The first-order valence-electron chi connectivity index (χ1n) is 11.2. The minimum atomic E-state index is -3.88. The van der Waals surface area contributed by atoms with Gasteiger partial charge in [-0.25, -0.2) is 18.2 Å². The van der Waals surface area contributed by atoms with Crippen LogP contribution in [-0.2, 0) is 26.6 Å². The molecule has 0 aromatic carbocycles. The summed E-state index contributed by atoms with van der Waals surface area (Å²) < 4.78 is 33.8. The Hall–Kier alpha value is -2.18. The maximum Gasteiger partial charge on any atom is 0.408 e. The molecule has 33 heavy (non-hydrogen) atoms. The number of aliphatic hydroxyl groups is 1. The van der Waals surface area contributed by atoms with Crippen LogP contribution in [0.25, 0.3) is 0 Å². The Morgan fingerprint density at radius 3 is 2.55 bits per heavy atom. The minimum absolute atomic E-state index is 0.101. The number of aromatic nitrogens is 2. The number of aryl methyl sites for hydroxylation is 1. The number of nitrogens with zero attached hydrogens (tertiary/aromatic N) is 3. The van der Waals surface area contributed by atoms with Crippen molar-refractivity contribution in [3.63, 3.8) is 0 Å². The van der Waals surface area contributed by atoms with Gasteiger partial charge < -0.3 is 25.0 Å². The van der Waals surface area contributed by atoms with Crippen molar-refractivity contribution >= 4 is 22.0 Å². The van der Waals surface area contributed by atoms with Crippen molar-refractivity contribution in [2.45, 2.75) is 82.8 Å². The van der Waals surface area contributed by atoms with Gasteiger partial charge in [-0.15, -0.1) is 0 Å². The maximum absolute atomic E-state index is 13.0. The highest BCUT2D eigenvalue weighted by molar-refractivity contribution is 7.89. The second kappa shape index (κ2) is 10.8. The van der Waals surface area contributed by atoms with Crippen molar-refractivity contribution in [2.24, 2.45) is 13.0 Å². The van der Waals surface area contributed by atoms with E-state index in [0.29, 0.717) is 19.3 Å². The summed E-state index contributed by atoms with van der Waals surface area (Å²) in [7, 11) is -2.30. The van der Waals surface area contributed by atoms with Gasteiger partial charge in [-0.2, -0.15) is 4.31 Å². The predicted molar refractivity (Wildman–Crippen MR) is 122 cm³/mol. The van der Waals surface area contributed by atoms with Crippen LogP contribution in [-0.4, -0.2) is 76.3 Å². The second-order valence-electron chi connectivity index (χ2n) is 9.84. The summed E-state index contributed by atoms with van der Waals surface area (Å²) in [6.07, 6.45) is 2.34. The molecule has 1 aliphatic rings. The van der Waals surface area contributed by atoms with Gasteiger partial charge in [0.1, 0.15) is 11.6 Å². The predicted octanol–water partition coefficient (Wildman–Crippen LogP) is 0.990. The first-order valence-corrected chi connectivity index (χ1v) is 12.6. The number of hydrogen-bond donors (Lipinski definition) is 3. The lowest BCUT2D eigenvalue weighted by Crippen LogP contribution is -2.54. The van der Waals surface area contributed by atoms with E-state index in [4.69, 9.17) is 4.74 Å². The average molecular weight is 488 g/mol. The molecular formula is C21H37N5O6S. The monoisotopic (exact) mass is 487 g/mol. The Kier molecular flexibility index (Phi) is 8.88. The molecule has 11 nitrogen and oxygen atoms in total. The number of ether oxygens (including phenoxy) is 1. The van der Waals surface area contributed by atoms with Crippen molar-refractivity contribution in [1.29, 1.82) is 0 Å². The maximum atomic E-state index is 13.0. The molecule has 1 aromatic heterocycles. The Morgan fingerprint density at radius 2 is 2.00 bits per heavy atom. The number of alkyl carbamates (subject to hydrolysis) is 1. The molecular weight excluding hydrogens is 450 g/mol. The number of amides is 2. The first-order chi connectivity index (χ1) is 15.2. The molecule has 2 unspecified atom stereocenters. The smallest absolute Gasteiger partial charge is 0.408 e. The number of nitrogens with one attached hydrogen (secondary N) is 2. The van der Waals surface area contributed by atoms with Crippen LogP contribution in [0.5, 0.6) is 0 Å². The van der Waals surface area contributed by atoms with Crippen LogP contribution in [0.3, 0.4) is 0 Å². The molecule has 2 amide bonds. The quantitative estimate of drug-likeness (QED) is 0.520. The van der Waals surface area contributed by atoms with Crippen LogP contribution in [0.1, 0.15) is 53.9 Å². The van der Waals surface area contributed by atoms with Gasteiger partial charge in [0, 0.05) is 32.5 Å². The van der Waals surface area contributed by atoms with Crippen molar-refractivity contribution in [3.05, 3.63) is 12.4 Å². The van der Waals surface area contributed by atoms with E-state index in [1.54, 1.807) is 27.8 Å². The van der Waals surface area contributed by atoms with E-state index in [0.717, 1.165) is 0 Å². The lowest BCUT2D eigenvalue weighted by Gasteiger charge is -2.28. The number of hydrogen-bond acceptors (Lipinski definition) is 7. The third kappa shape index (κ3) is 7.68. The number of aliphatic hydroxyl groups excluding tert-OH is 1. The SMILES string of the molecule is CC(C)C[C@H](NC(=O)OC(C)(C)C)C(=O)NC1CCCN(S(=O)(=O)c2nccn2C)CC1O. The van der Waals surface area contributed by atoms with Crippen molar-refractivity contribution in [1.82, 2.24) is 24.5 Å². The number of rotatable bonds is 7. The van der Waals surface area contributed by atoms with Crippen LogP contribution in [0.4, 0.5) is 4.79 Å². The highest BCUT2D eigenvalue weighted by Gasteiger charge is 2.36. The third-order valence-corrected chi connectivity index (χ3v) is 7.03. The molecule has 0 aliphatic carbocycles. The normalized spacial score (nSPS) is 21.3. The second-order valence-corrected chi connectivity index (χ2v) is 11.7. The molecule has 0 bridgehead atoms. The standard InChI is InChI=1S/C21H37N5O6S/c1-14(2)12-16(24-20(29)32-21(3,4)5)18(28)23-15-8-7-10-26(13-17(15)27)33(30,31)19-22-9-11-25(19)6/h9,11,14-17,27H,7-8,10,12-13H2,1-6H3,(H,23,28)(H,24,29)/t15?,16-,17?/m0/s1. The van der Waals surface area contributed by atoms with Crippen molar-refractivity contribution in [3.8, 4) is 0 Å². The fourth-order valence-electron chi connectivity index (χ4n) is 3.65. The topological polar surface area (TPSA) is 143 Å². The summed E-state index contributed by atoms with van der Waals surface area (Å²) in [5.74, 6) is -0.327. The van der Waals surface area contributed by atoms with E-state index in [2.05, 4.69) is 15.6 Å². The number of carbonyl (C=O) groups excluding carboxylic acids is 2. The van der Waals surface area contributed by atoms with Crippen LogP contribution >= 0.6 is 0 Å². The molecule has 2 rings (SSSR count). The molecule has 1 aromatic rings. The third-order valence-electron chi connectivity index (χ3n) is 5.17. The Labute approximate surface area is 195 Å². The molecule has 1 fully saturated rings. The highest BCUT2D eigenvalue weighted by atomic mass is 32.2. The molecule has 3 atom stereocenters. The highest BCUT2D eigenvalue weighted by Crippen LogP contribution is 2.20. The lowest BCUT2D eigenvalue weighted by atomic mass is 10.0. The fourth-order valence-corrected chi connectivity index (χ4v) is 5.21. The summed E-state index contributed by atoms with van der Waals surface area (Å²) in [5.41, 5.74) is -0.706. The van der Waals surface area contributed by atoms with Crippen molar-refractivity contribution in [2.75, 3.05) is 13.1 Å². The largest absolute Gasteiger partial charge is 0.444 e. The Morgan fingerprint density at radius 1 is 1.33 bits per heavy atom. The van der Waals surface area contributed by atoms with Gasteiger partial charge in [-0.3, -0.25) is 4.79 Å². The molecule has 188 valence electrons. The van der Waals surface area contributed by atoms with E-state index in [9.17, 15) is 23.1 Å². The Balaban J connectivity index is 2.08. The molecule has 0 spiro atoms. The molecule has 2 heterocycles. The van der Waals surface area contributed by atoms with Crippen LogP contribution in [0, 0.1) is 5.92 Å². The number of carbonyl (C=O) groups is 2. The van der Waals surface area contributed by atoms with Gasteiger partial charge in [0.2, 0.25) is 11.1 Å². The van der Waals surface area contributed by atoms with Crippen LogP contribution in [0.15, 0.2) is 17.6 Å². The summed E-state index contributed by atoms with van der Waals surface area (Å²) in [4.78, 5) is 29.1. The van der Waals surface area contributed by atoms with Gasteiger partial charge in [-0.1, -0.05) is 13.8 Å². The van der Waals surface area contributed by atoms with E-state index in [1.807, 2.05) is 13.8 Å². The molecule has 0 radical (unpaired) electrons. The molecule has 12 heteroatoms. The number of sulfonamides is 1. The summed E-state index contributed by atoms with van der Waals surface area (Å²) in [5, 5.41) is 16.0. The van der Waals surface area contributed by atoms with Gasteiger partial charge in [0.15, 0.2) is 0 Å². The van der Waals surface area contributed by atoms with Gasteiger partial charge in [-0.05, 0) is 46.0 Å². The first kappa shape index (κ1) is 27.1. The van der Waals surface area contributed by atoms with Crippen LogP contribution < -0.4 is 10.6 Å². The van der Waals surface area contributed by atoms with E-state index in [1.165, 1.54) is 21.3 Å². The fraction of sp³-hybridized carbons (Fsp3) is 0.762.